The molecule has 0 unspecified atom stereocenters. The Hall–Kier alpha value is -3.09. The molecule has 4 rings (SSSR count). The molecule has 0 atom stereocenters. The molecule has 0 radical (unpaired) electrons. The maximum absolute atomic E-state index is 12.4. The minimum absolute atomic E-state index is 0.0992. The molecule has 0 spiro atoms. The summed E-state index contributed by atoms with van der Waals surface area (Å²) in [5.74, 6) is 0.393. The van der Waals surface area contributed by atoms with E-state index in [1.807, 2.05) is 29.6 Å². The summed E-state index contributed by atoms with van der Waals surface area (Å²) in [6.07, 6.45) is 0. The summed E-state index contributed by atoms with van der Waals surface area (Å²) in [7, 11) is 3.45. The highest BCUT2D eigenvalue weighted by atomic mass is 32.2. The van der Waals surface area contributed by atoms with Crippen LogP contribution in [0.4, 0.5) is 0 Å². The Morgan fingerprint density at radius 2 is 2.00 bits per heavy atom. The number of rotatable bonds is 4. The molecule has 3 heterocycles. The molecule has 0 fully saturated rings. The average Bonchev–Trinajstić information content (AvgIpc) is 3.30. The van der Waals surface area contributed by atoms with E-state index in [1.165, 1.54) is 27.7 Å². The number of allylic oxidation sites excluding steroid dienone is 1. The molecule has 0 aliphatic rings. The van der Waals surface area contributed by atoms with Crippen LogP contribution in [0.5, 0.6) is 0 Å². The van der Waals surface area contributed by atoms with Gasteiger partial charge in [0.05, 0.1) is 22.3 Å². The van der Waals surface area contributed by atoms with Crippen LogP contribution in [-0.2, 0) is 14.1 Å². The monoisotopic (exact) mass is 409 g/mol. The number of hydrogen-bond donors (Lipinski definition) is 1. The summed E-state index contributed by atoms with van der Waals surface area (Å²) in [6.45, 7) is 0. The number of benzene rings is 1. The zero-order valence-corrected chi connectivity index (χ0v) is 16.7. The lowest BCUT2D eigenvalue weighted by molar-refractivity contribution is 0.420. The highest BCUT2D eigenvalue weighted by Crippen LogP contribution is 2.26. The van der Waals surface area contributed by atoms with E-state index in [1.54, 1.807) is 24.7 Å². The number of hydrogen-bond acceptors (Lipinski definition) is 7. The van der Waals surface area contributed by atoms with Crippen molar-refractivity contribution >= 4 is 49.9 Å². The lowest BCUT2D eigenvalue weighted by Crippen LogP contribution is -2.19. The van der Waals surface area contributed by atoms with Gasteiger partial charge in [-0.05, 0) is 23.6 Å². The third-order valence-corrected chi connectivity index (χ3v) is 6.33. The molecule has 0 amide bonds. The van der Waals surface area contributed by atoms with Crippen LogP contribution in [0, 0.1) is 11.3 Å². The summed E-state index contributed by atoms with van der Waals surface area (Å²) >= 11 is 2.55. The van der Waals surface area contributed by atoms with Crippen molar-refractivity contribution in [3.63, 3.8) is 0 Å². The van der Waals surface area contributed by atoms with Gasteiger partial charge in [0, 0.05) is 14.1 Å². The number of aliphatic hydroxyl groups excluding tert-OH is 1. The topological polar surface area (TPSA) is 96.7 Å². The Kier molecular flexibility index (Phi) is 4.66. The van der Waals surface area contributed by atoms with Crippen LogP contribution in [0.2, 0.25) is 0 Å². The van der Waals surface area contributed by atoms with Crippen LogP contribution in [0.25, 0.3) is 26.8 Å². The van der Waals surface area contributed by atoms with Crippen LogP contribution < -0.4 is 5.56 Å². The van der Waals surface area contributed by atoms with Gasteiger partial charge in [-0.15, -0.1) is 11.3 Å². The van der Waals surface area contributed by atoms with E-state index in [0.29, 0.717) is 21.2 Å². The molecule has 4 aromatic rings. The quantitative estimate of drug-likeness (QED) is 0.240. The predicted molar refractivity (Wildman–Crippen MR) is 111 cm³/mol. The minimum Gasteiger partial charge on any atom is -0.510 e. The number of thiophene rings is 1. The van der Waals surface area contributed by atoms with Crippen molar-refractivity contribution in [2.45, 2.75) is 5.16 Å². The fourth-order valence-corrected chi connectivity index (χ4v) is 4.57. The van der Waals surface area contributed by atoms with Gasteiger partial charge in [0.25, 0.3) is 5.56 Å². The second-order valence-electron chi connectivity index (χ2n) is 6.10. The van der Waals surface area contributed by atoms with Gasteiger partial charge in [-0.1, -0.05) is 23.9 Å². The standard InChI is InChI=1S/C19H15N5O2S2/c1-23-14-6-4-3-5-12(14)21-17(23)11(9-20)15(25)10-28-19-22-13-7-8-27-16(13)18(26)24(19)2/h3-8,25H,10H2,1-2H3/b15-11-. The fraction of sp³-hybridized carbons (Fsp3) is 0.158. The van der Waals surface area contributed by atoms with E-state index in [2.05, 4.69) is 16.0 Å². The van der Waals surface area contributed by atoms with Gasteiger partial charge in [0.2, 0.25) is 0 Å². The number of aryl methyl sites for hydroxylation is 1. The first kappa shape index (κ1) is 18.3. The van der Waals surface area contributed by atoms with Crippen molar-refractivity contribution in [1.82, 2.24) is 19.1 Å². The zero-order chi connectivity index (χ0) is 19.8. The Morgan fingerprint density at radius 1 is 1.21 bits per heavy atom. The molecule has 3 aromatic heterocycles. The van der Waals surface area contributed by atoms with Crippen LogP contribution in [0.1, 0.15) is 5.82 Å². The molecule has 9 heteroatoms. The molecular formula is C19H15N5O2S2. The third kappa shape index (κ3) is 2.96. The van der Waals surface area contributed by atoms with Crippen molar-refractivity contribution in [2.75, 3.05) is 5.75 Å². The number of nitrogens with zero attached hydrogens (tertiary/aromatic N) is 5. The zero-order valence-electron chi connectivity index (χ0n) is 15.1. The van der Waals surface area contributed by atoms with Crippen LogP contribution in [0.15, 0.2) is 51.4 Å². The lowest BCUT2D eigenvalue weighted by Gasteiger charge is -2.08. The van der Waals surface area contributed by atoms with Crippen molar-refractivity contribution in [3.8, 4) is 6.07 Å². The summed E-state index contributed by atoms with van der Waals surface area (Å²) in [5, 5.41) is 22.5. The van der Waals surface area contributed by atoms with Gasteiger partial charge >= 0.3 is 0 Å². The predicted octanol–water partition coefficient (Wildman–Crippen LogP) is 3.47. The number of nitriles is 1. The molecule has 0 aliphatic heterocycles. The Balaban J connectivity index is 1.69. The van der Waals surface area contributed by atoms with Gasteiger partial charge in [-0.2, -0.15) is 5.26 Å². The maximum Gasteiger partial charge on any atom is 0.271 e. The summed E-state index contributed by atoms with van der Waals surface area (Å²) < 4.78 is 3.84. The highest BCUT2D eigenvalue weighted by Gasteiger charge is 2.17. The SMILES string of the molecule is Cn1c(SC/C(O)=C(\C#N)c2nc3ccccc3n2C)nc2ccsc2c1=O. The second-order valence-corrected chi connectivity index (χ2v) is 7.96. The van der Waals surface area contributed by atoms with Crippen LogP contribution >= 0.6 is 23.1 Å². The molecule has 7 nitrogen and oxygen atoms in total. The molecule has 0 saturated carbocycles. The summed E-state index contributed by atoms with van der Waals surface area (Å²) in [4.78, 5) is 21.3. The highest BCUT2D eigenvalue weighted by molar-refractivity contribution is 7.99. The number of thioether (sulfide) groups is 1. The Bertz CT molecular complexity index is 1340. The van der Waals surface area contributed by atoms with Gasteiger partial charge in [0.1, 0.15) is 22.1 Å². The van der Waals surface area contributed by atoms with Crippen molar-refractivity contribution in [1.29, 1.82) is 5.26 Å². The Morgan fingerprint density at radius 3 is 2.75 bits per heavy atom. The largest absolute Gasteiger partial charge is 0.510 e. The molecule has 0 aliphatic carbocycles. The van der Waals surface area contributed by atoms with Gasteiger partial charge in [-0.25, -0.2) is 9.97 Å². The van der Waals surface area contributed by atoms with Crippen molar-refractivity contribution < 1.29 is 5.11 Å². The van der Waals surface area contributed by atoms with E-state index in [-0.39, 0.29) is 22.6 Å². The first-order valence-corrected chi connectivity index (χ1v) is 10.2. The summed E-state index contributed by atoms with van der Waals surface area (Å²) in [5.41, 5.74) is 2.24. The minimum atomic E-state index is -0.123. The molecule has 0 saturated heterocycles. The van der Waals surface area contributed by atoms with E-state index in [9.17, 15) is 15.2 Å². The van der Waals surface area contributed by atoms with E-state index in [4.69, 9.17) is 0 Å². The molecule has 1 aromatic carbocycles. The average molecular weight is 409 g/mol. The fourth-order valence-electron chi connectivity index (χ4n) is 2.91. The Labute approximate surface area is 168 Å². The maximum atomic E-state index is 12.4. The molecule has 1 N–H and O–H groups in total. The molecule has 28 heavy (non-hydrogen) atoms. The van der Waals surface area contributed by atoms with E-state index < -0.39 is 0 Å². The van der Waals surface area contributed by atoms with Crippen LogP contribution in [0.3, 0.4) is 0 Å². The smallest absolute Gasteiger partial charge is 0.271 e. The normalized spacial score (nSPS) is 12.3. The van der Waals surface area contributed by atoms with E-state index in [0.717, 1.165) is 11.0 Å². The number of imidazole rings is 1. The lowest BCUT2D eigenvalue weighted by atomic mass is 10.2. The molecule has 140 valence electrons. The molecule has 0 bridgehead atoms. The van der Waals surface area contributed by atoms with Crippen molar-refractivity contribution in [3.05, 3.63) is 57.6 Å². The van der Waals surface area contributed by atoms with Gasteiger partial charge in [0.15, 0.2) is 11.0 Å². The summed E-state index contributed by atoms with van der Waals surface area (Å²) in [6, 6.07) is 11.4. The first-order chi connectivity index (χ1) is 13.5. The number of aromatic nitrogens is 4. The number of para-hydroxylation sites is 2. The third-order valence-electron chi connectivity index (χ3n) is 4.40. The van der Waals surface area contributed by atoms with Gasteiger partial charge < -0.3 is 9.67 Å². The van der Waals surface area contributed by atoms with Crippen molar-refractivity contribution in [2.24, 2.45) is 14.1 Å². The second kappa shape index (κ2) is 7.14. The van der Waals surface area contributed by atoms with E-state index >= 15 is 0 Å². The number of fused-ring (bicyclic) bond motifs is 2. The molecular weight excluding hydrogens is 394 g/mol. The van der Waals surface area contributed by atoms with Gasteiger partial charge in [-0.3, -0.25) is 9.36 Å². The number of aliphatic hydroxyl groups is 1. The van der Waals surface area contributed by atoms with Crippen LogP contribution in [-0.4, -0.2) is 30.0 Å². The first-order valence-electron chi connectivity index (χ1n) is 8.32.